The number of halogens is 4. The number of rotatable bonds is 5. The van der Waals surface area contributed by atoms with E-state index in [-0.39, 0.29) is 11.3 Å². The first-order valence-corrected chi connectivity index (χ1v) is 11.1. The van der Waals surface area contributed by atoms with Gasteiger partial charge in [0, 0.05) is 19.6 Å². The number of amides is 1. The quantitative estimate of drug-likeness (QED) is 0.523. The lowest BCUT2D eigenvalue weighted by Gasteiger charge is -2.26. The van der Waals surface area contributed by atoms with Crippen LogP contribution in [0.15, 0.2) is 54.7 Å². The van der Waals surface area contributed by atoms with Gasteiger partial charge in [0.1, 0.15) is 17.7 Å². The van der Waals surface area contributed by atoms with Gasteiger partial charge in [0.05, 0.1) is 23.5 Å². The fourth-order valence-electron chi connectivity index (χ4n) is 4.32. The van der Waals surface area contributed by atoms with Crippen LogP contribution in [0.4, 0.5) is 23.4 Å². The van der Waals surface area contributed by atoms with Crippen molar-refractivity contribution in [2.24, 2.45) is 0 Å². The van der Waals surface area contributed by atoms with E-state index in [2.05, 4.69) is 20.7 Å². The summed E-state index contributed by atoms with van der Waals surface area (Å²) in [6, 6.07) is 9.65. The van der Waals surface area contributed by atoms with Crippen LogP contribution in [-0.4, -0.2) is 44.7 Å². The van der Waals surface area contributed by atoms with Crippen LogP contribution >= 0.6 is 0 Å². The monoisotopic (exact) mass is 486 g/mol. The normalized spacial score (nSPS) is 19.9. The molecule has 2 atom stereocenters. The van der Waals surface area contributed by atoms with Gasteiger partial charge in [-0.25, -0.2) is 19.0 Å². The maximum absolute atomic E-state index is 13.5. The number of benzene rings is 1. The lowest BCUT2D eigenvalue weighted by atomic mass is 9.99. The zero-order valence-electron chi connectivity index (χ0n) is 18.5. The molecule has 2 aliphatic heterocycles. The van der Waals surface area contributed by atoms with Crippen molar-refractivity contribution in [3.8, 4) is 0 Å². The summed E-state index contributed by atoms with van der Waals surface area (Å²) in [5.74, 6) is 0.167. The Morgan fingerprint density at radius 1 is 1.17 bits per heavy atom. The SMILES string of the molecule is O=C(Nc1cccc(CN2CC[C@@H](F)C2)n1)c1cnc2n1NC(c1ccccc1C(F)(F)F)C=C2. The molecule has 0 radical (unpaired) electrons. The summed E-state index contributed by atoms with van der Waals surface area (Å²) in [6.07, 6.45) is -0.371. The fraction of sp³-hybridized carbons (Fsp3) is 0.292. The van der Waals surface area contributed by atoms with E-state index < -0.39 is 29.9 Å². The molecule has 35 heavy (non-hydrogen) atoms. The van der Waals surface area contributed by atoms with Crippen molar-refractivity contribution in [1.82, 2.24) is 19.5 Å². The predicted octanol–water partition coefficient (Wildman–Crippen LogP) is 4.40. The van der Waals surface area contributed by atoms with Crippen LogP contribution in [-0.2, 0) is 12.7 Å². The number of aromatic nitrogens is 3. The highest BCUT2D eigenvalue weighted by atomic mass is 19.4. The molecule has 2 aromatic heterocycles. The highest BCUT2D eigenvalue weighted by Crippen LogP contribution is 2.36. The van der Waals surface area contributed by atoms with Crippen LogP contribution in [0.3, 0.4) is 0 Å². The lowest BCUT2D eigenvalue weighted by molar-refractivity contribution is -0.138. The summed E-state index contributed by atoms with van der Waals surface area (Å²) in [4.78, 5) is 23.6. The van der Waals surface area contributed by atoms with Crippen molar-refractivity contribution >= 4 is 17.8 Å². The maximum atomic E-state index is 13.5. The van der Waals surface area contributed by atoms with Gasteiger partial charge in [-0.1, -0.05) is 30.3 Å². The molecule has 0 aliphatic carbocycles. The largest absolute Gasteiger partial charge is 0.416 e. The third-order valence-electron chi connectivity index (χ3n) is 5.98. The van der Waals surface area contributed by atoms with E-state index in [9.17, 15) is 22.4 Å². The molecule has 1 aromatic carbocycles. The van der Waals surface area contributed by atoms with E-state index >= 15 is 0 Å². The van der Waals surface area contributed by atoms with Crippen molar-refractivity contribution in [2.45, 2.75) is 31.4 Å². The van der Waals surface area contributed by atoms with E-state index in [0.29, 0.717) is 43.4 Å². The zero-order valence-corrected chi connectivity index (χ0v) is 18.5. The number of hydrogen-bond acceptors (Lipinski definition) is 5. The van der Waals surface area contributed by atoms with Gasteiger partial charge in [-0.15, -0.1) is 0 Å². The van der Waals surface area contributed by atoms with Gasteiger partial charge in [-0.05, 0) is 36.3 Å². The molecule has 2 N–H and O–H groups in total. The molecule has 0 saturated carbocycles. The standard InChI is InChI=1S/C24H22F4N6O/c25-15-10-11-33(13-15)14-16-4-3-7-21(30-16)31-23(35)20-12-29-22-9-8-19(32-34(20)22)17-5-1-2-6-18(17)24(26,27)28/h1-9,12,15,19,32H,10-11,13-14H2,(H,30,31,35)/t15-,19?/m1/s1. The Morgan fingerprint density at radius 3 is 2.77 bits per heavy atom. The molecule has 0 bridgehead atoms. The Labute approximate surface area is 198 Å². The van der Waals surface area contributed by atoms with Crippen LogP contribution in [0.1, 0.15) is 45.6 Å². The smallest absolute Gasteiger partial charge is 0.312 e. The maximum Gasteiger partial charge on any atom is 0.416 e. The van der Waals surface area contributed by atoms with E-state index in [1.807, 2.05) is 4.90 Å². The van der Waals surface area contributed by atoms with E-state index in [1.165, 1.54) is 29.1 Å². The van der Waals surface area contributed by atoms with Gasteiger partial charge in [0.15, 0.2) is 5.82 Å². The van der Waals surface area contributed by atoms with Crippen LogP contribution < -0.4 is 10.7 Å². The first kappa shape index (κ1) is 23.0. The average molecular weight is 486 g/mol. The summed E-state index contributed by atoms with van der Waals surface area (Å²) in [7, 11) is 0. The molecule has 3 aromatic rings. The van der Waals surface area contributed by atoms with Crippen molar-refractivity contribution < 1.29 is 22.4 Å². The Balaban J connectivity index is 1.33. The van der Waals surface area contributed by atoms with Crippen LogP contribution in [0.2, 0.25) is 0 Å². The number of nitrogens with zero attached hydrogens (tertiary/aromatic N) is 4. The second-order valence-electron chi connectivity index (χ2n) is 8.48. The fourth-order valence-corrected chi connectivity index (χ4v) is 4.32. The van der Waals surface area contributed by atoms with Crippen LogP contribution in [0.25, 0.3) is 6.08 Å². The van der Waals surface area contributed by atoms with Crippen molar-refractivity contribution in [3.05, 3.63) is 83.1 Å². The third kappa shape index (κ3) is 4.90. The zero-order chi connectivity index (χ0) is 24.6. The van der Waals surface area contributed by atoms with Crippen molar-refractivity contribution in [2.75, 3.05) is 23.8 Å². The van der Waals surface area contributed by atoms with E-state index in [0.717, 1.165) is 6.07 Å². The second kappa shape index (κ2) is 9.14. The van der Waals surface area contributed by atoms with Crippen LogP contribution in [0, 0.1) is 0 Å². The molecular weight excluding hydrogens is 464 g/mol. The number of nitrogens with one attached hydrogen (secondary N) is 2. The number of alkyl halides is 4. The molecule has 4 heterocycles. The number of pyridine rings is 1. The lowest BCUT2D eigenvalue weighted by Crippen LogP contribution is -2.30. The third-order valence-corrected chi connectivity index (χ3v) is 5.98. The summed E-state index contributed by atoms with van der Waals surface area (Å²) in [5, 5.41) is 2.71. The number of imidazole rings is 1. The Bertz CT molecular complexity index is 1270. The van der Waals surface area contributed by atoms with Gasteiger partial charge < -0.3 is 10.7 Å². The Kier molecular flexibility index (Phi) is 6.01. The van der Waals surface area contributed by atoms with Crippen molar-refractivity contribution in [3.63, 3.8) is 0 Å². The van der Waals surface area contributed by atoms with Crippen LogP contribution in [0.5, 0.6) is 0 Å². The number of fused-ring (bicyclic) bond motifs is 1. The van der Waals surface area contributed by atoms with Gasteiger partial charge in [-0.3, -0.25) is 9.69 Å². The topological polar surface area (TPSA) is 75.1 Å². The summed E-state index contributed by atoms with van der Waals surface area (Å²) in [5.41, 5.74) is 3.04. The molecule has 1 unspecified atom stereocenters. The molecule has 1 fully saturated rings. The highest BCUT2D eigenvalue weighted by molar-refractivity contribution is 6.02. The molecule has 2 aliphatic rings. The van der Waals surface area contributed by atoms with Crippen molar-refractivity contribution in [1.29, 1.82) is 0 Å². The molecule has 0 spiro atoms. The molecule has 1 saturated heterocycles. The summed E-state index contributed by atoms with van der Waals surface area (Å²) < 4.78 is 55.3. The van der Waals surface area contributed by atoms with Gasteiger partial charge in [0.2, 0.25) is 0 Å². The van der Waals surface area contributed by atoms with Gasteiger partial charge in [-0.2, -0.15) is 13.2 Å². The minimum absolute atomic E-state index is 0.0359. The molecular formula is C24H22F4N6O. The minimum Gasteiger partial charge on any atom is -0.312 e. The summed E-state index contributed by atoms with van der Waals surface area (Å²) >= 11 is 0. The van der Waals surface area contributed by atoms with E-state index in [1.54, 1.807) is 30.4 Å². The number of carbonyl (C=O) groups excluding carboxylic acids is 1. The average Bonchev–Trinajstić information content (AvgIpc) is 3.44. The number of anilines is 1. The number of likely N-dealkylation sites (tertiary alicyclic amines) is 1. The first-order valence-electron chi connectivity index (χ1n) is 11.1. The minimum atomic E-state index is -4.52. The Hall–Kier alpha value is -3.73. The Morgan fingerprint density at radius 2 is 2.00 bits per heavy atom. The molecule has 7 nitrogen and oxygen atoms in total. The van der Waals surface area contributed by atoms with Gasteiger partial charge in [0.25, 0.3) is 5.91 Å². The summed E-state index contributed by atoms with van der Waals surface area (Å²) in [6.45, 7) is 1.48. The molecule has 5 rings (SSSR count). The number of carbonyl (C=O) groups is 1. The van der Waals surface area contributed by atoms with E-state index in [4.69, 9.17) is 0 Å². The molecule has 1 amide bonds. The number of hydrogen-bond donors (Lipinski definition) is 2. The molecule has 11 heteroatoms. The van der Waals surface area contributed by atoms with Gasteiger partial charge >= 0.3 is 6.18 Å². The second-order valence-corrected chi connectivity index (χ2v) is 8.48. The highest BCUT2D eigenvalue weighted by Gasteiger charge is 2.35. The predicted molar refractivity (Wildman–Crippen MR) is 122 cm³/mol. The first-order chi connectivity index (χ1) is 16.8. The molecule has 182 valence electrons.